The topological polar surface area (TPSA) is 91.8 Å². The summed E-state index contributed by atoms with van der Waals surface area (Å²) in [5.41, 5.74) is 1.58. The number of hydrogen-bond acceptors (Lipinski definition) is 5. The first-order valence-corrected chi connectivity index (χ1v) is 15.0. The average molecular weight is 563 g/mol. The Hall–Kier alpha value is -3.42. The van der Waals surface area contributed by atoms with E-state index in [0.29, 0.717) is 30.6 Å². The van der Waals surface area contributed by atoms with E-state index < -0.39 is 23.8 Å². The Morgan fingerprint density at radius 1 is 0.951 bits per heavy atom. The Kier molecular flexibility index (Phi) is 9.40. The number of anilines is 1. The van der Waals surface area contributed by atoms with Crippen LogP contribution in [0.25, 0.3) is 0 Å². The lowest BCUT2D eigenvalue weighted by Crippen LogP contribution is -2.53. The second kappa shape index (κ2) is 12.6. The number of benzene rings is 1. The number of carbonyl (C=O) groups is 3. The van der Waals surface area contributed by atoms with Gasteiger partial charge in [-0.1, -0.05) is 58.2 Å². The molecule has 0 spiro atoms. The van der Waals surface area contributed by atoms with Crippen LogP contribution in [0.4, 0.5) is 10.5 Å². The average Bonchev–Trinajstić information content (AvgIpc) is 3.41. The van der Waals surface area contributed by atoms with Crippen LogP contribution in [-0.2, 0) is 19.7 Å². The summed E-state index contributed by atoms with van der Waals surface area (Å²) >= 11 is 0. The number of aromatic nitrogens is 1. The van der Waals surface area contributed by atoms with E-state index in [4.69, 9.17) is 4.74 Å². The van der Waals surface area contributed by atoms with Crippen LogP contribution < -0.4 is 10.2 Å². The molecule has 1 aromatic heterocycles. The normalized spacial score (nSPS) is 19.0. The maximum absolute atomic E-state index is 14.6. The van der Waals surface area contributed by atoms with Gasteiger partial charge in [-0.25, -0.2) is 4.79 Å². The molecule has 41 heavy (non-hydrogen) atoms. The van der Waals surface area contributed by atoms with Gasteiger partial charge in [0.15, 0.2) is 0 Å². The third kappa shape index (κ3) is 7.66. The zero-order chi connectivity index (χ0) is 29.8. The summed E-state index contributed by atoms with van der Waals surface area (Å²) in [6.07, 6.45) is 9.14. The number of likely N-dealkylation sites (tertiary alicyclic amines) is 1. The molecule has 2 aliphatic rings. The number of hydrogen-bond donors (Lipinski definition) is 1. The summed E-state index contributed by atoms with van der Waals surface area (Å²) in [7, 11) is 0. The van der Waals surface area contributed by atoms with E-state index >= 15 is 0 Å². The largest absolute Gasteiger partial charge is 0.444 e. The van der Waals surface area contributed by atoms with Gasteiger partial charge in [-0.2, -0.15) is 0 Å². The number of nitrogens with zero attached hydrogens (tertiary/aromatic N) is 3. The Morgan fingerprint density at radius 2 is 1.63 bits per heavy atom. The highest BCUT2D eigenvalue weighted by molar-refractivity contribution is 6.04. The molecule has 1 aliphatic carbocycles. The van der Waals surface area contributed by atoms with Gasteiger partial charge < -0.3 is 10.1 Å². The molecule has 1 aromatic carbocycles. The fourth-order valence-electron chi connectivity index (χ4n) is 5.73. The maximum Gasteiger partial charge on any atom is 0.410 e. The van der Waals surface area contributed by atoms with E-state index in [0.717, 1.165) is 31.2 Å². The quantitative estimate of drug-likeness (QED) is 0.446. The summed E-state index contributed by atoms with van der Waals surface area (Å²) in [6, 6.07) is 9.83. The molecule has 1 unspecified atom stereocenters. The molecule has 2 fully saturated rings. The van der Waals surface area contributed by atoms with Crippen LogP contribution >= 0.6 is 0 Å². The molecule has 8 nitrogen and oxygen atoms in total. The zero-order valence-corrected chi connectivity index (χ0v) is 25.5. The molecule has 3 amide bonds. The van der Waals surface area contributed by atoms with Gasteiger partial charge in [0.2, 0.25) is 5.91 Å². The van der Waals surface area contributed by atoms with Crippen LogP contribution in [0.15, 0.2) is 48.8 Å². The van der Waals surface area contributed by atoms with E-state index in [-0.39, 0.29) is 23.3 Å². The van der Waals surface area contributed by atoms with Gasteiger partial charge in [0.05, 0.1) is 0 Å². The molecule has 0 bridgehead atoms. The van der Waals surface area contributed by atoms with Gasteiger partial charge in [-0.05, 0) is 75.6 Å². The highest BCUT2D eigenvalue weighted by Crippen LogP contribution is 2.34. The number of amides is 3. The van der Waals surface area contributed by atoms with E-state index in [1.54, 1.807) is 23.4 Å². The van der Waals surface area contributed by atoms with Crippen molar-refractivity contribution >= 4 is 23.6 Å². The second-order valence-corrected chi connectivity index (χ2v) is 13.4. The molecular formula is C33H46N4O4. The van der Waals surface area contributed by atoms with E-state index in [9.17, 15) is 14.4 Å². The molecule has 2 heterocycles. The summed E-state index contributed by atoms with van der Waals surface area (Å²) in [5.74, 6) is -0.538. The van der Waals surface area contributed by atoms with Gasteiger partial charge in [0.25, 0.3) is 5.91 Å². The van der Waals surface area contributed by atoms with Crippen molar-refractivity contribution in [2.24, 2.45) is 0 Å². The summed E-state index contributed by atoms with van der Waals surface area (Å²) < 4.78 is 5.66. The van der Waals surface area contributed by atoms with Crippen molar-refractivity contribution < 1.29 is 19.1 Å². The number of rotatable bonds is 6. The SMILES string of the molecule is CC(C)(C)OC(=O)N1CCC[C@H]1C(=O)N(c1ccc(C(C)(C)C)cc1)C(C(=O)NC1CCCCC1)c1cccnc1. The van der Waals surface area contributed by atoms with Crippen LogP contribution in [0.3, 0.4) is 0 Å². The van der Waals surface area contributed by atoms with Crippen molar-refractivity contribution in [2.45, 2.75) is 116 Å². The van der Waals surface area contributed by atoms with E-state index in [1.807, 2.05) is 51.1 Å². The monoisotopic (exact) mass is 562 g/mol. The van der Waals surface area contributed by atoms with Crippen LogP contribution in [0.5, 0.6) is 0 Å². The lowest BCUT2D eigenvalue weighted by molar-refractivity contribution is -0.129. The summed E-state index contributed by atoms with van der Waals surface area (Å²) in [5, 5.41) is 3.25. The maximum atomic E-state index is 14.6. The van der Waals surface area contributed by atoms with Crippen molar-refractivity contribution in [3.63, 3.8) is 0 Å². The molecule has 2 atom stereocenters. The number of carbonyl (C=O) groups excluding carboxylic acids is 3. The standard InChI is InChI=1S/C33H46N4O4/c1-32(2,3)24-16-18-26(19-17-24)37(30(39)27-15-11-21-36(27)31(40)41-33(4,5)6)28(23-12-10-20-34-22-23)29(38)35-25-13-8-7-9-14-25/h10,12,16-20,22,25,27-28H,7-9,11,13-15,21H2,1-6H3,(H,35,38)/t27-,28?/m0/s1. The minimum absolute atomic E-state index is 0.0698. The molecule has 1 saturated heterocycles. The first-order valence-electron chi connectivity index (χ1n) is 15.0. The number of nitrogens with one attached hydrogen (secondary N) is 1. The Labute approximate surface area is 244 Å². The second-order valence-electron chi connectivity index (χ2n) is 13.4. The van der Waals surface area contributed by atoms with Crippen molar-refractivity contribution in [1.82, 2.24) is 15.2 Å². The van der Waals surface area contributed by atoms with Crippen LogP contribution in [0.1, 0.15) is 104 Å². The predicted molar refractivity (Wildman–Crippen MR) is 161 cm³/mol. The van der Waals surface area contributed by atoms with Gasteiger partial charge in [-0.15, -0.1) is 0 Å². The van der Waals surface area contributed by atoms with Gasteiger partial charge >= 0.3 is 6.09 Å². The number of ether oxygens (including phenoxy) is 1. The molecule has 2 aromatic rings. The predicted octanol–water partition coefficient (Wildman–Crippen LogP) is 6.30. The lowest BCUT2D eigenvalue weighted by Gasteiger charge is -2.37. The van der Waals surface area contributed by atoms with Crippen LogP contribution in [0.2, 0.25) is 0 Å². The molecule has 4 rings (SSSR count). The molecule has 0 radical (unpaired) electrons. The molecule has 1 saturated carbocycles. The highest BCUT2D eigenvalue weighted by atomic mass is 16.6. The summed E-state index contributed by atoms with van der Waals surface area (Å²) in [6.45, 7) is 12.3. The van der Waals surface area contributed by atoms with Gasteiger partial charge in [-0.3, -0.25) is 24.4 Å². The minimum Gasteiger partial charge on any atom is -0.444 e. The third-order valence-corrected chi connectivity index (χ3v) is 7.87. The van der Waals surface area contributed by atoms with Crippen molar-refractivity contribution in [3.8, 4) is 0 Å². The van der Waals surface area contributed by atoms with Crippen molar-refractivity contribution in [3.05, 3.63) is 59.9 Å². The Morgan fingerprint density at radius 3 is 2.22 bits per heavy atom. The first kappa shape index (κ1) is 30.5. The fourth-order valence-corrected chi connectivity index (χ4v) is 5.73. The number of pyridine rings is 1. The Bertz CT molecular complexity index is 1190. The minimum atomic E-state index is -0.945. The van der Waals surface area contributed by atoms with E-state index in [1.165, 1.54) is 11.3 Å². The summed E-state index contributed by atoms with van der Waals surface area (Å²) in [4.78, 5) is 49.3. The van der Waals surface area contributed by atoms with Gasteiger partial charge in [0.1, 0.15) is 17.7 Å². The molecular weight excluding hydrogens is 516 g/mol. The fraction of sp³-hybridized carbons (Fsp3) is 0.576. The molecule has 8 heteroatoms. The third-order valence-electron chi connectivity index (χ3n) is 7.87. The zero-order valence-electron chi connectivity index (χ0n) is 25.5. The highest BCUT2D eigenvalue weighted by Gasteiger charge is 2.43. The smallest absolute Gasteiger partial charge is 0.410 e. The van der Waals surface area contributed by atoms with Crippen molar-refractivity contribution in [2.75, 3.05) is 11.4 Å². The lowest BCUT2D eigenvalue weighted by atomic mass is 9.87. The first-order chi connectivity index (χ1) is 19.3. The van der Waals surface area contributed by atoms with Crippen LogP contribution in [0, 0.1) is 0 Å². The Balaban J connectivity index is 1.77. The van der Waals surface area contributed by atoms with Crippen molar-refractivity contribution in [1.29, 1.82) is 0 Å². The molecule has 222 valence electrons. The van der Waals surface area contributed by atoms with Gasteiger partial charge in [0, 0.05) is 36.2 Å². The van der Waals surface area contributed by atoms with Crippen LogP contribution in [-0.4, -0.2) is 52.0 Å². The van der Waals surface area contributed by atoms with E-state index in [2.05, 4.69) is 31.1 Å². The molecule has 1 N–H and O–H groups in total. The molecule has 1 aliphatic heterocycles.